The van der Waals surface area contributed by atoms with Crippen molar-refractivity contribution in [2.24, 2.45) is 7.05 Å². The van der Waals surface area contributed by atoms with Crippen LogP contribution in [0.5, 0.6) is 0 Å². The smallest absolute Gasteiger partial charge is 0.143 e. The molecule has 0 bridgehead atoms. The number of carbonyl (C=O) groups excluding carboxylic acids is 1. The Morgan fingerprint density at radius 1 is 1.71 bits per heavy atom. The van der Waals surface area contributed by atoms with Crippen molar-refractivity contribution < 1.29 is 9.53 Å². The van der Waals surface area contributed by atoms with Crippen LogP contribution in [0.2, 0.25) is 0 Å². The van der Waals surface area contributed by atoms with E-state index in [1.807, 2.05) is 6.92 Å². The van der Waals surface area contributed by atoms with Gasteiger partial charge in [-0.25, -0.2) is 4.98 Å². The van der Waals surface area contributed by atoms with Gasteiger partial charge in [0.1, 0.15) is 17.9 Å². The minimum atomic E-state index is -0.0317. The first-order valence-electron chi connectivity index (χ1n) is 4.51. The Morgan fingerprint density at radius 3 is 2.93 bits per heavy atom. The minimum Gasteiger partial charge on any atom is -0.381 e. The van der Waals surface area contributed by atoms with E-state index in [9.17, 15) is 4.79 Å². The molecular weight excluding hydrogens is 182 g/mol. The first kappa shape index (κ1) is 10.8. The largest absolute Gasteiger partial charge is 0.381 e. The zero-order valence-electron chi connectivity index (χ0n) is 8.73. The van der Waals surface area contributed by atoms with Crippen LogP contribution >= 0.6 is 0 Å². The molecule has 0 aliphatic rings. The Kier molecular flexibility index (Phi) is 3.76. The number of aryl methyl sites for hydroxylation is 1. The molecule has 0 N–H and O–H groups in total. The average Bonchev–Trinajstić information content (AvgIpc) is 2.51. The number of ether oxygens (including phenoxy) is 1. The van der Waals surface area contributed by atoms with Crippen molar-refractivity contribution in [3.63, 3.8) is 0 Å². The second kappa shape index (κ2) is 4.85. The summed E-state index contributed by atoms with van der Waals surface area (Å²) in [6.07, 6.45) is 2.16. The number of rotatable bonds is 5. The van der Waals surface area contributed by atoms with Crippen LogP contribution in [-0.2, 0) is 23.0 Å². The van der Waals surface area contributed by atoms with E-state index in [2.05, 4.69) is 10.1 Å². The monoisotopic (exact) mass is 197 g/mol. The summed E-state index contributed by atoms with van der Waals surface area (Å²) in [6.45, 7) is 1.87. The fraction of sp³-hybridized carbons (Fsp3) is 0.667. The highest BCUT2D eigenvalue weighted by atomic mass is 16.5. The summed E-state index contributed by atoms with van der Waals surface area (Å²) in [4.78, 5) is 15.4. The number of aromatic nitrogens is 3. The molecule has 78 valence electrons. The summed E-state index contributed by atoms with van der Waals surface area (Å²) in [5.74, 6) is 0.814. The topological polar surface area (TPSA) is 57.0 Å². The van der Waals surface area contributed by atoms with E-state index in [0.29, 0.717) is 18.7 Å². The molecule has 5 nitrogen and oxygen atoms in total. The summed E-state index contributed by atoms with van der Waals surface area (Å²) >= 11 is 0. The van der Waals surface area contributed by atoms with Crippen molar-refractivity contribution in [2.45, 2.75) is 25.9 Å². The van der Waals surface area contributed by atoms with Gasteiger partial charge in [0.15, 0.2) is 0 Å². The first-order valence-corrected chi connectivity index (χ1v) is 4.51. The normalized spacial score (nSPS) is 12.8. The van der Waals surface area contributed by atoms with E-state index in [-0.39, 0.29) is 11.9 Å². The maximum atomic E-state index is 11.5. The summed E-state index contributed by atoms with van der Waals surface area (Å²) in [7, 11) is 3.37. The SMILES string of the molecule is COC(C)CC(=O)Cc1ncnn1C. The summed E-state index contributed by atoms with van der Waals surface area (Å²) < 4.78 is 6.61. The lowest BCUT2D eigenvalue weighted by Crippen LogP contribution is -2.15. The van der Waals surface area contributed by atoms with Gasteiger partial charge in [-0.1, -0.05) is 0 Å². The molecule has 1 aromatic heterocycles. The quantitative estimate of drug-likeness (QED) is 0.683. The zero-order valence-corrected chi connectivity index (χ0v) is 8.73. The highest BCUT2D eigenvalue weighted by molar-refractivity contribution is 5.80. The first-order chi connectivity index (χ1) is 6.63. The van der Waals surface area contributed by atoms with Crippen molar-refractivity contribution >= 4 is 5.78 Å². The second-order valence-electron chi connectivity index (χ2n) is 3.27. The van der Waals surface area contributed by atoms with Crippen molar-refractivity contribution in [2.75, 3.05) is 7.11 Å². The molecule has 1 unspecified atom stereocenters. The van der Waals surface area contributed by atoms with E-state index < -0.39 is 0 Å². The van der Waals surface area contributed by atoms with Crippen LogP contribution in [0, 0.1) is 0 Å². The average molecular weight is 197 g/mol. The lowest BCUT2D eigenvalue weighted by atomic mass is 10.1. The van der Waals surface area contributed by atoms with Crippen LogP contribution in [-0.4, -0.2) is 33.8 Å². The number of carbonyl (C=O) groups is 1. The standard InChI is InChI=1S/C9H15N3O2/c1-7(14-3)4-8(13)5-9-10-6-11-12(9)2/h6-7H,4-5H2,1-3H3. The molecular formula is C9H15N3O2. The van der Waals surface area contributed by atoms with Gasteiger partial charge < -0.3 is 4.74 Å². The van der Waals surface area contributed by atoms with Crippen LogP contribution < -0.4 is 0 Å². The number of methoxy groups -OCH3 is 1. The molecule has 0 saturated carbocycles. The summed E-state index contributed by atoms with van der Waals surface area (Å²) in [5, 5.41) is 3.89. The Morgan fingerprint density at radius 2 is 2.43 bits per heavy atom. The van der Waals surface area contributed by atoms with Gasteiger partial charge >= 0.3 is 0 Å². The van der Waals surface area contributed by atoms with E-state index in [0.717, 1.165) is 0 Å². The number of nitrogens with zero attached hydrogens (tertiary/aromatic N) is 3. The van der Waals surface area contributed by atoms with Gasteiger partial charge in [-0.05, 0) is 6.92 Å². The third-order valence-corrected chi connectivity index (χ3v) is 2.08. The molecule has 5 heteroatoms. The highest BCUT2D eigenvalue weighted by Crippen LogP contribution is 2.01. The third kappa shape index (κ3) is 2.92. The Hall–Kier alpha value is -1.23. The lowest BCUT2D eigenvalue weighted by molar-refractivity contribution is -0.120. The van der Waals surface area contributed by atoms with E-state index in [1.165, 1.54) is 6.33 Å². The molecule has 1 aromatic rings. The predicted octanol–water partition coefficient (Wildman–Crippen LogP) is 0.352. The maximum absolute atomic E-state index is 11.5. The molecule has 0 saturated heterocycles. The number of hydrogen-bond donors (Lipinski definition) is 0. The highest BCUT2D eigenvalue weighted by Gasteiger charge is 2.11. The van der Waals surface area contributed by atoms with Crippen molar-refractivity contribution in [3.05, 3.63) is 12.2 Å². The van der Waals surface area contributed by atoms with Crippen molar-refractivity contribution in [3.8, 4) is 0 Å². The third-order valence-electron chi connectivity index (χ3n) is 2.08. The summed E-state index contributed by atoms with van der Waals surface area (Å²) in [6, 6.07) is 0. The zero-order chi connectivity index (χ0) is 10.6. The number of Topliss-reactive ketones (excluding diaryl/α,β-unsaturated/α-hetero) is 1. The van der Waals surface area contributed by atoms with Gasteiger partial charge in [0.05, 0.1) is 12.5 Å². The Bertz CT molecular complexity index is 309. The maximum Gasteiger partial charge on any atom is 0.143 e. The molecule has 1 atom stereocenters. The van der Waals surface area contributed by atoms with Crippen molar-refractivity contribution in [1.29, 1.82) is 0 Å². The van der Waals surface area contributed by atoms with Gasteiger partial charge in [-0.15, -0.1) is 0 Å². The minimum absolute atomic E-state index is 0.0317. The Balaban J connectivity index is 2.45. The molecule has 0 aromatic carbocycles. The van der Waals surface area contributed by atoms with Gasteiger partial charge in [-0.3, -0.25) is 9.48 Å². The Labute approximate surface area is 83.1 Å². The lowest BCUT2D eigenvalue weighted by Gasteiger charge is -2.07. The molecule has 1 rings (SSSR count). The van der Waals surface area contributed by atoms with E-state index >= 15 is 0 Å². The number of hydrogen-bond acceptors (Lipinski definition) is 4. The van der Waals surface area contributed by atoms with Crippen LogP contribution in [0.4, 0.5) is 0 Å². The van der Waals surface area contributed by atoms with Crippen LogP contribution in [0.3, 0.4) is 0 Å². The molecule has 0 aliphatic heterocycles. The predicted molar refractivity (Wildman–Crippen MR) is 50.8 cm³/mol. The summed E-state index contributed by atoms with van der Waals surface area (Å²) in [5.41, 5.74) is 0. The van der Waals surface area contributed by atoms with Gasteiger partial charge in [0.25, 0.3) is 0 Å². The molecule has 0 amide bonds. The van der Waals surface area contributed by atoms with Crippen LogP contribution in [0.25, 0.3) is 0 Å². The molecule has 1 heterocycles. The molecule has 0 aliphatic carbocycles. The second-order valence-corrected chi connectivity index (χ2v) is 3.27. The molecule has 0 fully saturated rings. The number of ketones is 1. The van der Waals surface area contributed by atoms with Gasteiger partial charge in [0, 0.05) is 20.6 Å². The van der Waals surface area contributed by atoms with Gasteiger partial charge in [0.2, 0.25) is 0 Å². The fourth-order valence-electron chi connectivity index (χ4n) is 1.13. The van der Waals surface area contributed by atoms with E-state index in [1.54, 1.807) is 18.8 Å². The molecule has 0 spiro atoms. The van der Waals surface area contributed by atoms with Crippen LogP contribution in [0.15, 0.2) is 6.33 Å². The molecule has 14 heavy (non-hydrogen) atoms. The fourth-order valence-corrected chi connectivity index (χ4v) is 1.13. The van der Waals surface area contributed by atoms with Crippen molar-refractivity contribution in [1.82, 2.24) is 14.8 Å². The van der Waals surface area contributed by atoms with Gasteiger partial charge in [-0.2, -0.15) is 5.10 Å². The van der Waals surface area contributed by atoms with Crippen LogP contribution in [0.1, 0.15) is 19.2 Å². The van der Waals surface area contributed by atoms with E-state index in [4.69, 9.17) is 4.74 Å². The molecule has 0 radical (unpaired) electrons.